The standard InChI is InChI=1S/C14H18ClFN2O2/c15-14-11(2-1-3-12(14)16)10-18-8-6-17(7-9-18)5-4-13(19)20/h1-3H,4-10H2,(H,19,20). The first-order chi connectivity index (χ1) is 9.56. The molecule has 1 aliphatic rings. The van der Waals surface area contributed by atoms with Gasteiger partial charge in [-0.15, -0.1) is 0 Å². The number of hydrogen-bond acceptors (Lipinski definition) is 3. The summed E-state index contributed by atoms with van der Waals surface area (Å²) in [5, 5.41) is 8.86. The molecule has 1 heterocycles. The summed E-state index contributed by atoms with van der Waals surface area (Å²) in [6, 6.07) is 4.86. The van der Waals surface area contributed by atoms with Gasteiger partial charge in [0, 0.05) is 39.3 Å². The van der Waals surface area contributed by atoms with Gasteiger partial charge in [0.25, 0.3) is 0 Å². The van der Waals surface area contributed by atoms with E-state index < -0.39 is 5.97 Å². The number of benzene rings is 1. The molecule has 0 unspecified atom stereocenters. The second kappa shape index (κ2) is 7.02. The van der Waals surface area contributed by atoms with Gasteiger partial charge in [-0.3, -0.25) is 9.69 Å². The summed E-state index contributed by atoms with van der Waals surface area (Å²) in [5.74, 6) is -1.15. The van der Waals surface area contributed by atoms with Gasteiger partial charge in [-0.05, 0) is 11.6 Å². The Bertz CT molecular complexity index is 476. The molecule has 0 bridgehead atoms. The largest absolute Gasteiger partial charge is 0.481 e. The molecule has 0 radical (unpaired) electrons. The molecule has 1 N–H and O–H groups in total. The number of nitrogens with zero attached hydrogens (tertiary/aromatic N) is 2. The summed E-state index contributed by atoms with van der Waals surface area (Å²) in [6.45, 7) is 4.56. The van der Waals surface area contributed by atoms with Gasteiger partial charge in [0.05, 0.1) is 11.4 Å². The molecule has 1 fully saturated rings. The van der Waals surface area contributed by atoms with Gasteiger partial charge >= 0.3 is 5.97 Å². The van der Waals surface area contributed by atoms with Crippen LogP contribution in [-0.2, 0) is 11.3 Å². The molecule has 1 aromatic carbocycles. The SMILES string of the molecule is O=C(O)CCN1CCN(Cc2cccc(F)c2Cl)CC1. The molecule has 2 rings (SSSR count). The van der Waals surface area contributed by atoms with Gasteiger partial charge in [0.15, 0.2) is 0 Å². The van der Waals surface area contributed by atoms with Crippen molar-refractivity contribution < 1.29 is 14.3 Å². The molecule has 4 nitrogen and oxygen atoms in total. The quantitative estimate of drug-likeness (QED) is 0.904. The molecule has 0 atom stereocenters. The molecule has 0 aromatic heterocycles. The van der Waals surface area contributed by atoms with Crippen molar-refractivity contribution >= 4 is 17.6 Å². The highest BCUT2D eigenvalue weighted by Gasteiger charge is 2.18. The van der Waals surface area contributed by atoms with Crippen LogP contribution in [-0.4, -0.2) is 53.6 Å². The van der Waals surface area contributed by atoms with Gasteiger partial charge in [-0.2, -0.15) is 0 Å². The average Bonchev–Trinajstić information content (AvgIpc) is 2.43. The van der Waals surface area contributed by atoms with Crippen molar-refractivity contribution in [3.63, 3.8) is 0 Å². The molecule has 0 saturated carbocycles. The third-order valence-corrected chi connectivity index (χ3v) is 3.96. The maximum Gasteiger partial charge on any atom is 0.304 e. The highest BCUT2D eigenvalue weighted by molar-refractivity contribution is 6.31. The Hall–Kier alpha value is -1.17. The van der Waals surface area contributed by atoms with Crippen molar-refractivity contribution in [2.75, 3.05) is 32.7 Å². The predicted molar refractivity (Wildman–Crippen MR) is 75.4 cm³/mol. The zero-order valence-electron chi connectivity index (χ0n) is 11.2. The molecule has 6 heteroatoms. The molecule has 1 aliphatic heterocycles. The van der Waals surface area contributed by atoms with Crippen LogP contribution in [0.25, 0.3) is 0 Å². The summed E-state index contributed by atoms with van der Waals surface area (Å²) >= 11 is 5.95. The van der Waals surface area contributed by atoms with Gasteiger partial charge in [0.1, 0.15) is 5.82 Å². The second-order valence-electron chi connectivity index (χ2n) is 4.97. The van der Waals surface area contributed by atoms with Gasteiger partial charge in [-0.1, -0.05) is 23.7 Å². The monoisotopic (exact) mass is 300 g/mol. The molecular weight excluding hydrogens is 283 g/mol. The van der Waals surface area contributed by atoms with Gasteiger partial charge in [0.2, 0.25) is 0 Å². The lowest BCUT2D eigenvalue weighted by Gasteiger charge is -2.34. The van der Waals surface area contributed by atoms with Crippen molar-refractivity contribution in [3.8, 4) is 0 Å². The first-order valence-corrected chi connectivity index (χ1v) is 7.03. The van der Waals surface area contributed by atoms with E-state index in [1.165, 1.54) is 6.07 Å². The van der Waals surface area contributed by atoms with Crippen molar-refractivity contribution in [2.24, 2.45) is 0 Å². The van der Waals surface area contributed by atoms with Crippen LogP contribution in [0, 0.1) is 5.82 Å². The number of aliphatic carboxylic acids is 1. The zero-order valence-corrected chi connectivity index (χ0v) is 11.9. The van der Waals surface area contributed by atoms with E-state index in [1.54, 1.807) is 6.07 Å². The minimum Gasteiger partial charge on any atom is -0.481 e. The molecule has 1 saturated heterocycles. The van der Waals surface area contributed by atoms with E-state index in [1.807, 2.05) is 6.07 Å². The fraction of sp³-hybridized carbons (Fsp3) is 0.500. The summed E-state index contributed by atoms with van der Waals surface area (Å²) in [6.07, 6.45) is 0.176. The van der Waals surface area contributed by atoms with E-state index in [0.29, 0.717) is 13.1 Å². The molecule has 0 spiro atoms. The van der Waals surface area contributed by atoms with Crippen LogP contribution in [0.4, 0.5) is 4.39 Å². The fourth-order valence-electron chi connectivity index (χ4n) is 2.34. The Morgan fingerprint density at radius 2 is 1.90 bits per heavy atom. The van der Waals surface area contributed by atoms with Gasteiger partial charge in [-0.25, -0.2) is 4.39 Å². The van der Waals surface area contributed by atoms with E-state index >= 15 is 0 Å². The van der Waals surface area contributed by atoms with Crippen LogP contribution >= 0.6 is 11.6 Å². The number of carbonyl (C=O) groups is 1. The lowest BCUT2D eigenvalue weighted by atomic mass is 10.2. The summed E-state index contributed by atoms with van der Waals surface area (Å²) in [5.41, 5.74) is 0.797. The number of carboxylic acid groups (broad SMARTS) is 1. The number of piperazine rings is 1. The average molecular weight is 301 g/mol. The lowest BCUT2D eigenvalue weighted by Crippen LogP contribution is -2.46. The topological polar surface area (TPSA) is 43.8 Å². The zero-order chi connectivity index (χ0) is 14.5. The molecule has 20 heavy (non-hydrogen) atoms. The summed E-state index contributed by atoms with van der Waals surface area (Å²) < 4.78 is 13.4. The maximum absolute atomic E-state index is 13.4. The van der Waals surface area contributed by atoms with E-state index in [4.69, 9.17) is 16.7 Å². The molecule has 0 aliphatic carbocycles. The molecular formula is C14H18ClFN2O2. The summed E-state index contributed by atoms with van der Waals surface area (Å²) in [4.78, 5) is 14.9. The maximum atomic E-state index is 13.4. The summed E-state index contributed by atoms with van der Waals surface area (Å²) in [7, 11) is 0. The third-order valence-electron chi connectivity index (χ3n) is 3.53. The highest BCUT2D eigenvalue weighted by atomic mass is 35.5. The Balaban J connectivity index is 1.82. The van der Waals surface area contributed by atoms with Crippen LogP contribution in [0.2, 0.25) is 5.02 Å². The van der Waals surface area contributed by atoms with Crippen LogP contribution < -0.4 is 0 Å². The van der Waals surface area contributed by atoms with Crippen LogP contribution in [0.3, 0.4) is 0 Å². The van der Waals surface area contributed by atoms with E-state index in [-0.39, 0.29) is 17.3 Å². The van der Waals surface area contributed by atoms with Crippen molar-refractivity contribution in [2.45, 2.75) is 13.0 Å². The Morgan fingerprint density at radius 1 is 1.25 bits per heavy atom. The highest BCUT2D eigenvalue weighted by Crippen LogP contribution is 2.21. The predicted octanol–water partition coefficient (Wildman–Crippen LogP) is 2.07. The van der Waals surface area contributed by atoms with Crippen molar-refractivity contribution in [1.29, 1.82) is 0 Å². The van der Waals surface area contributed by atoms with E-state index in [0.717, 1.165) is 31.7 Å². The number of carboxylic acids is 1. The smallest absolute Gasteiger partial charge is 0.304 e. The molecule has 110 valence electrons. The van der Waals surface area contributed by atoms with Crippen LogP contribution in [0.15, 0.2) is 18.2 Å². The van der Waals surface area contributed by atoms with Crippen LogP contribution in [0.5, 0.6) is 0 Å². The normalized spacial score (nSPS) is 17.3. The molecule has 1 aromatic rings. The van der Waals surface area contributed by atoms with E-state index in [2.05, 4.69) is 9.80 Å². The lowest BCUT2D eigenvalue weighted by molar-refractivity contribution is -0.137. The second-order valence-corrected chi connectivity index (χ2v) is 5.35. The van der Waals surface area contributed by atoms with Crippen molar-refractivity contribution in [3.05, 3.63) is 34.6 Å². The van der Waals surface area contributed by atoms with Gasteiger partial charge < -0.3 is 10.0 Å². The van der Waals surface area contributed by atoms with Crippen LogP contribution in [0.1, 0.15) is 12.0 Å². The minimum absolute atomic E-state index is 0.176. The first kappa shape index (κ1) is 15.2. The number of hydrogen-bond donors (Lipinski definition) is 1. The van der Waals surface area contributed by atoms with Crippen molar-refractivity contribution in [1.82, 2.24) is 9.80 Å². The first-order valence-electron chi connectivity index (χ1n) is 6.65. The Labute approximate surface area is 122 Å². The fourth-order valence-corrected chi connectivity index (χ4v) is 2.52. The number of rotatable bonds is 5. The van der Waals surface area contributed by atoms with E-state index in [9.17, 15) is 9.18 Å². The molecule has 0 amide bonds. The number of halogens is 2. The Kier molecular flexibility index (Phi) is 5.34. The minimum atomic E-state index is -0.765. The Morgan fingerprint density at radius 3 is 2.55 bits per heavy atom. The third kappa shape index (κ3) is 4.16.